The van der Waals surface area contributed by atoms with Crippen molar-refractivity contribution in [1.29, 1.82) is 0 Å². The molecule has 0 bridgehead atoms. The lowest BCUT2D eigenvalue weighted by molar-refractivity contribution is -0.169. The Balaban J connectivity index is 5.23. The molecule has 1 atom stereocenters. The minimum atomic E-state index is -0.249. The Morgan fingerprint density at radius 2 is 0.848 bits per heavy atom. The minimum Gasteiger partial charge on any atom is -0.370 e. The second kappa shape index (κ2) is 10.8. The van der Waals surface area contributed by atoms with E-state index in [2.05, 4.69) is 104 Å². The lowest BCUT2D eigenvalue weighted by atomic mass is 9.72. The highest BCUT2D eigenvalue weighted by Gasteiger charge is 2.41. The van der Waals surface area contributed by atoms with Gasteiger partial charge in [0.05, 0.1) is 22.4 Å². The van der Waals surface area contributed by atoms with Gasteiger partial charge in [-0.2, -0.15) is 0 Å². The van der Waals surface area contributed by atoms with Crippen LogP contribution in [0.2, 0.25) is 0 Å². The fourth-order valence-electron chi connectivity index (χ4n) is 7.38. The van der Waals surface area contributed by atoms with E-state index in [1.807, 2.05) is 0 Å². The van der Waals surface area contributed by atoms with Gasteiger partial charge in [-0.1, -0.05) is 34.6 Å². The number of hydrogen-bond acceptors (Lipinski definition) is 4. The molecule has 0 fully saturated rings. The van der Waals surface area contributed by atoms with Crippen LogP contribution < -0.4 is 11.5 Å². The molecule has 1 unspecified atom stereocenters. The van der Waals surface area contributed by atoms with Crippen LogP contribution in [0.5, 0.6) is 0 Å². The molecule has 0 aliphatic rings. The number of rotatable bonds is 15. The van der Waals surface area contributed by atoms with Gasteiger partial charge in [0.2, 0.25) is 0 Å². The average Bonchev–Trinajstić information content (AvgIpc) is 2.35. The van der Waals surface area contributed by atoms with E-state index in [4.69, 9.17) is 20.9 Å². The molecule has 0 rings (SSSR count). The number of nitrogens with two attached hydrogens (primary N) is 2. The van der Waals surface area contributed by atoms with Crippen LogP contribution in [-0.2, 0) is 9.47 Å². The molecule has 0 aliphatic heterocycles. The molecule has 0 aromatic heterocycles. The monoisotopic (exact) mass is 470 g/mol. The van der Waals surface area contributed by atoms with E-state index in [9.17, 15) is 0 Å². The van der Waals surface area contributed by atoms with Crippen molar-refractivity contribution in [2.75, 3.05) is 6.54 Å². The SMILES string of the molecule is CC(CN)CC(C)(C)OC(C)(C)CC(C)(C)CC(C)(C)OC(C)(C)CC(C)(C)CC(C)(C)N. The summed E-state index contributed by atoms with van der Waals surface area (Å²) in [6, 6.07) is 0. The minimum absolute atomic E-state index is 0.0629. The first-order valence-corrected chi connectivity index (χ1v) is 13.1. The van der Waals surface area contributed by atoms with Crippen molar-refractivity contribution in [2.45, 2.75) is 164 Å². The third-order valence-electron chi connectivity index (χ3n) is 5.99. The van der Waals surface area contributed by atoms with Gasteiger partial charge in [-0.25, -0.2) is 0 Å². The Kier molecular flexibility index (Phi) is 10.8. The molecule has 4 nitrogen and oxygen atoms in total. The molecule has 0 radical (unpaired) electrons. The van der Waals surface area contributed by atoms with Crippen LogP contribution in [0, 0.1) is 16.7 Å². The summed E-state index contributed by atoms with van der Waals surface area (Å²) in [5.74, 6) is 0.451. The summed E-state index contributed by atoms with van der Waals surface area (Å²) >= 11 is 0. The average molecular weight is 471 g/mol. The Morgan fingerprint density at radius 3 is 1.15 bits per heavy atom. The molecule has 0 aromatic rings. The van der Waals surface area contributed by atoms with Crippen molar-refractivity contribution in [1.82, 2.24) is 0 Å². The quantitative estimate of drug-likeness (QED) is 0.260. The largest absolute Gasteiger partial charge is 0.370 e. The zero-order valence-corrected chi connectivity index (χ0v) is 25.3. The van der Waals surface area contributed by atoms with E-state index < -0.39 is 0 Å². The predicted octanol–water partition coefficient (Wildman–Crippen LogP) is 7.47. The maximum atomic E-state index is 6.80. The third kappa shape index (κ3) is 15.4. The third-order valence-corrected chi connectivity index (χ3v) is 5.99. The number of ether oxygens (including phenoxy) is 2. The van der Waals surface area contributed by atoms with Crippen molar-refractivity contribution in [3.05, 3.63) is 0 Å². The maximum Gasteiger partial charge on any atom is 0.0638 e. The van der Waals surface area contributed by atoms with E-state index in [-0.39, 0.29) is 38.8 Å². The molecule has 0 amide bonds. The highest BCUT2D eigenvalue weighted by atomic mass is 16.5. The Bertz CT molecular complexity index is 595. The summed E-state index contributed by atoms with van der Waals surface area (Å²) in [5, 5.41) is 0. The molecular weight excluding hydrogens is 408 g/mol. The summed E-state index contributed by atoms with van der Waals surface area (Å²) in [6.07, 6.45) is 4.81. The fraction of sp³-hybridized carbons (Fsp3) is 1.00. The van der Waals surface area contributed by atoms with Crippen molar-refractivity contribution in [3.8, 4) is 0 Å². The first-order valence-electron chi connectivity index (χ1n) is 13.1. The van der Waals surface area contributed by atoms with Crippen LogP contribution in [0.15, 0.2) is 0 Å². The molecule has 200 valence electrons. The molecular formula is C29H62N2O2. The van der Waals surface area contributed by atoms with Crippen molar-refractivity contribution in [2.24, 2.45) is 28.2 Å². The first-order chi connectivity index (χ1) is 14.2. The molecule has 0 saturated carbocycles. The normalized spacial score (nSPS) is 16.3. The molecule has 0 aliphatic carbocycles. The molecule has 33 heavy (non-hydrogen) atoms. The zero-order chi connectivity index (χ0) is 26.7. The molecule has 0 aromatic carbocycles. The Labute approximate surface area is 208 Å². The standard InChI is InChI=1S/C29H62N2O2/c1-22(17-30)16-26(8,9)32-27(10,11)20-24(4,5)21-29(14,15)33-28(12,13)19-23(2,3)18-25(6,7)31/h22H,16-21,30-31H2,1-15H3. The van der Waals surface area contributed by atoms with Crippen molar-refractivity contribution < 1.29 is 9.47 Å². The van der Waals surface area contributed by atoms with E-state index >= 15 is 0 Å². The van der Waals surface area contributed by atoms with Crippen LogP contribution >= 0.6 is 0 Å². The van der Waals surface area contributed by atoms with E-state index in [0.717, 1.165) is 32.1 Å². The smallest absolute Gasteiger partial charge is 0.0638 e. The maximum absolute atomic E-state index is 6.80. The fourth-order valence-corrected chi connectivity index (χ4v) is 7.38. The van der Waals surface area contributed by atoms with Gasteiger partial charge in [0.15, 0.2) is 0 Å². The lowest BCUT2D eigenvalue weighted by Crippen LogP contribution is -2.46. The molecule has 4 heteroatoms. The number of hydrogen-bond donors (Lipinski definition) is 2. The summed E-state index contributed by atoms with van der Waals surface area (Å²) in [6.45, 7) is 34.1. The van der Waals surface area contributed by atoms with Gasteiger partial charge in [0.25, 0.3) is 0 Å². The van der Waals surface area contributed by atoms with Crippen LogP contribution in [0.3, 0.4) is 0 Å². The van der Waals surface area contributed by atoms with Crippen molar-refractivity contribution >= 4 is 0 Å². The zero-order valence-electron chi connectivity index (χ0n) is 25.3. The summed E-state index contributed by atoms with van der Waals surface area (Å²) in [7, 11) is 0. The van der Waals surface area contributed by atoms with Gasteiger partial charge >= 0.3 is 0 Å². The lowest BCUT2D eigenvalue weighted by Gasteiger charge is -2.46. The van der Waals surface area contributed by atoms with Gasteiger partial charge in [0, 0.05) is 5.54 Å². The van der Waals surface area contributed by atoms with Gasteiger partial charge in [-0.05, 0) is 125 Å². The molecule has 0 saturated heterocycles. The van der Waals surface area contributed by atoms with Crippen molar-refractivity contribution in [3.63, 3.8) is 0 Å². The van der Waals surface area contributed by atoms with E-state index in [0.29, 0.717) is 12.5 Å². The second-order valence-corrected chi connectivity index (χ2v) is 15.8. The van der Waals surface area contributed by atoms with Gasteiger partial charge in [-0.3, -0.25) is 0 Å². The molecule has 4 N–H and O–H groups in total. The van der Waals surface area contributed by atoms with E-state index in [1.54, 1.807) is 0 Å². The first kappa shape index (κ1) is 32.8. The second-order valence-electron chi connectivity index (χ2n) is 15.8. The highest BCUT2D eigenvalue weighted by Crippen LogP contribution is 2.43. The highest BCUT2D eigenvalue weighted by molar-refractivity contribution is 4.92. The predicted molar refractivity (Wildman–Crippen MR) is 146 cm³/mol. The Hall–Kier alpha value is -0.160. The van der Waals surface area contributed by atoms with E-state index in [1.165, 1.54) is 0 Å². The summed E-state index contributed by atoms with van der Waals surface area (Å²) in [4.78, 5) is 0. The van der Waals surface area contributed by atoms with Gasteiger partial charge < -0.3 is 20.9 Å². The van der Waals surface area contributed by atoms with Crippen LogP contribution in [0.1, 0.15) is 136 Å². The molecule has 0 spiro atoms. The van der Waals surface area contributed by atoms with Crippen LogP contribution in [-0.4, -0.2) is 34.5 Å². The summed E-state index contributed by atoms with van der Waals surface area (Å²) < 4.78 is 13.5. The van der Waals surface area contributed by atoms with Crippen LogP contribution in [0.4, 0.5) is 0 Å². The summed E-state index contributed by atoms with van der Waals surface area (Å²) in [5.41, 5.74) is 11.3. The van der Waals surface area contributed by atoms with Gasteiger partial charge in [-0.15, -0.1) is 0 Å². The molecule has 0 heterocycles. The van der Waals surface area contributed by atoms with Gasteiger partial charge in [0.1, 0.15) is 0 Å². The van der Waals surface area contributed by atoms with Crippen LogP contribution in [0.25, 0.3) is 0 Å². The topological polar surface area (TPSA) is 70.5 Å². The Morgan fingerprint density at radius 1 is 0.545 bits per heavy atom.